The van der Waals surface area contributed by atoms with Crippen LogP contribution in [0.15, 0.2) is 48.5 Å². The lowest BCUT2D eigenvalue weighted by atomic mass is 10.1. The molecule has 0 aliphatic carbocycles. The fourth-order valence-corrected chi connectivity index (χ4v) is 2.84. The van der Waals surface area contributed by atoms with Crippen molar-refractivity contribution in [1.82, 2.24) is 10.6 Å². The maximum Gasteiger partial charge on any atom is 0.251 e. The van der Waals surface area contributed by atoms with E-state index in [4.69, 9.17) is 16.3 Å². The highest BCUT2D eigenvalue weighted by Crippen LogP contribution is 2.17. The molecule has 1 atom stereocenters. The van der Waals surface area contributed by atoms with Crippen LogP contribution in [0.2, 0.25) is 5.02 Å². The van der Waals surface area contributed by atoms with Gasteiger partial charge in [-0.3, -0.25) is 4.79 Å². The van der Waals surface area contributed by atoms with Crippen LogP contribution >= 0.6 is 24.0 Å². The van der Waals surface area contributed by atoms with Crippen LogP contribution in [-0.4, -0.2) is 25.0 Å². The number of halogens is 2. The van der Waals surface area contributed by atoms with Crippen molar-refractivity contribution >= 4 is 29.9 Å². The van der Waals surface area contributed by atoms with Crippen LogP contribution in [0.1, 0.15) is 28.8 Å². The fraction of sp³-hybridized carbons (Fsp3) is 0.316. The molecule has 0 radical (unpaired) electrons. The average Bonchev–Trinajstić information content (AvgIpc) is 2.62. The molecule has 3 rings (SSSR count). The standard InChI is InChI=1S/C19H21ClN2O2.ClH/c20-16-8-6-14(7-9-16)13-24-18-5-1-3-15(11-18)19(23)22-17-4-2-10-21-12-17;/h1,3,5-9,11,17,21H,2,4,10,12-13H2,(H,22,23);1H. The Bertz CT molecular complexity index is 686. The minimum absolute atomic E-state index is 0. The normalized spacial score (nSPS) is 16.6. The summed E-state index contributed by atoms with van der Waals surface area (Å²) in [4.78, 5) is 12.4. The highest BCUT2D eigenvalue weighted by molar-refractivity contribution is 6.30. The van der Waals surface area contributed by atoms with Crippen molar-refractivity contribution in [3.05, 3.63) is 64.7 Å². The minimum atomic E-state index is -0.0550. The number of hydrogen-bond donors (Lipinski definition) is 2. The molecule has 1 saturated heterocycles. The number of piperidine rings is 1. The van der Waals surface area contributed by atoms with Crippen LogP contribution in [0.25, 0.3) is 0 Å². The van der Waals surface area contributed by atoms with Gasteiger partial charge in [0, 0.05) is 23.2 Å². The second kappa shape index (κ2) is 9.66. The molecule has 4 nitrogen and oxygen atoms in total. The summed E-state index contributed by atoms with van der Waals surface area (Å²) in [6.07, 6.45) is 2.11. The van der Waals surface area contributed by atoms with Crippen molar-refractivity contribution < 1.29 is 9.53 Å². The van der Waals surface area contributed by atoms with Crippen LogP contribution in [0, 0.1) is 0 Å². The van der Waals surface area contributed by atoms with E-state index < -0.39 is 0 Å². The predicted molar refractivity (Wildman–Crippen MR) is 103 cm³/mol. The fourth-order valence-electron chi connectivity index (χ4n) is 2.72. The van der Waals surface area contributed by atoms with Gasteiger partial charge in [0.1, 0.15) is 12.4 Å². The third-order valence-electron chi connectivity index (χ3n) is 4.05. The zero-order chi connectivity index (χ0) is 16.8. The maximum atomic E-state index is 12.4. The molecule has 1 amide bonds. The molecule has 0 spiro atoms. The number of benzene rings is 2. The molecule has 0 aromatic heterocycles. The summed E-state index contributed by atoms with van der Waals surface area (Å²) in [5, 5.41) is 7.07. The second-order valence-electron chi connectivity index (χ2n) is 5.96. The molecule has 2 aromatic carbocycles. The first-order valence-electron chi connectivity index (χ1n) is 8.19. The Morgan fingerprint density at radius 3 is 2.76 bits per heavy atom. The molecule has 1 heterocycles. The third kappa shape index (κ3) is 5.92. The molecule has 1 fully saturated rings. The van der Waals surface area contributed by atoms with Gasteiger partial charge in [0.25, 0.3) is 5.91 Å². The lowest BCUT2D eigenvalue weighted by molar-refractivity contribution is 0.0930. The first-order chi connectivity index (χ1) is 11.7. The van der Waals surface area contributed by atoms with Crippen LogP contribution < -0.4 is 15.4 Å². The molecular formula is C19H22Cl2N2O2. The van der Waals surface area contributed by atoms with E-state index in [2.05, 4.69) is 10.6 Å². The molecule has 6 heteroatoms. The van der Waals surface area contributed by atoms with Gasteiger partial charge in [-0.1, -0.05) is 29.8 Å². The lowest BCUT2D eigenvalue weighted by Gasteiger charge is -2.23. The first kappa shape index (κ1) is 19.6. The minimum Gasteiger partial charge on any atom is -0.489 e. The quantitative estimate of drug-likeness (QED) is 0.828. The van der Waals surface area contributed by atoms with Crippen molar-refractivity contribution in [3.63, 3.8) is 0 Å². The van der Waals surface area contributed by atoms with Gasteiger partial charge in [-0.25, -0.2) is 0 Å². The maximum absolute atomic E-state index is 12.4. The Kier molecular flexibility index (Phi) is 7.56. The van der Waals surface area contributed by atoms with E-state index in [0.717, 1.165) is 31.5 Å². The molecule has 1 aliphatic heterocycles. The van der Waals surface area contributed by atoms with E-state index >= 15 is 0 Å². The Balaban J connectivity index is 0.00000225. The summed E-state index contributed by atoms with van der Waals surface area (Å²) in [5.41, 5.74) is 1.65. The van der Waals surface area contributed by atoms with E-state index in [1.807, 2.05) is 36.4 Å². The Morgan fingerprint density at radius 1 is 1.24 bits per heavy atom. The van der Waals surface area contributed by atoms with Crippen molar-refractivity contribution in [3.8, 4) is 5.75 Å². The Hall–Kier alpha value is -1.75. The number of carbonyl (C=O) groups is 1. The number of hydrogen-bond acceptors (Lipinski definition) is 3. The molecule has 2 N–H and O–H groups in total. The Morgan fingerprint density at radius 2 is 2.04 bits per heavy atom. The highest BCUT2D eigenvalue weighted by Gasteiger charge is 2.16. The van der Waals surface area contributed by atoms with E-state index in [1.54, 1.807) is 12.1 Å². The van der Waals surface area contributed by atoms with Crippen molar-refractivity contribution in [2.75, 3.05) is 13.1 Å². The molecular weight excluding hydrogens is 359 g/mol. The van der Waals surface area contributed by atoms with Gasteiger partial charge in [0.2, 0.25) is 0 Å². The van der Waals surface area contributed by atoms with E-state index in [9.17, 15) is 4.79 Å². The summed E-state index contributed by atoms with van der Waals surface area (Å²) in [6, 6.07) is 15.0. The van der Waals surface area contributed by atoms with Gasteiger partial charge in [-0.2, -0.15) is 0 Å². The molecule has 0 bridgehead atoms. The van der Waals surface area contributed by atoms with Gasteiger partial charge >= 0.3 is 0 Å². The van der Waals surface area contributed by atoms with Crippen LogP contribution in [0.3, 0.4) is 0 Å². The lowest BCUT2D eigenvalue weighted by Crippen LogP contribution is -2.45. The number of amides is 1. The molecule has 134 valence electrons. The summed E-state index contributed by atoms with van der Waals surface area (Å²) in [5.74, 6) is 0.625. The SMILES string of the molecule is Cl.O=C(NC1CCCNC1)c1cccc(OCc2ccc(Cl)cc2)c1. The van der Waals surface area contributed by atoms with Gasteiger partial charge < -0.3 is 15.4 Å². The first-order valence-corrected chi connectivity index (χ1v) is 8.57. The zero-order valence-corrected chi connectivity index (χ0v) is 15.4. The Labute approximate surface area is 159 Å². The summed E-state index contributed by atoms with van der Waals surface area (Å²) < 4.78 is 5.78. The second-order valence-corrected chi connectivity index (χ2v) is 6.40. The van der Waals surface area contributed by atoms with Crippen molar-refractivity contribution in [1.29, 1.82) is 0 Å². The molecule has 1 aliphatic rings. The number of ether oxygens (including phenoxy) is 1. The molecule has 25 heavy (non-hydrogen) atoms. The van der Waals surface area contributed by atoms with Crippen LogP contribution in [-0.2, 0) is 6.61 Å². The number of rotatable bonds is 5. The monoisotopic (exact) mass is 380 g/mol. The number of nitrogens with one attached hydrogen (secondary N) is 2. The van der Waals surface area contributed by atoms with Gasteiger partial charge in [-0.05, 0) is 55.3 Å². The molecule has 0 saturated carbocycles. The average molecular weight is 381 g/mol. The summed E-state index contributed by atoms with van der Waals surface area (Å²) in [6.45, 7) is 2.30. The number of carbonyl (C=O) groups excluding carboxylic acids is 1. The third-order valence-corrected chi connectivity index (χ3v) is 4.30. The van der Waals surface area contributed by atoms with Crippen LogP contribution in [0.5, 0.6) is 5.75 Å². The molecule has 1 unspecified atom stereocenters. The van der Waals surface area contributed by atoms with Gasteiger partial charge in [0.05, 0.1) is 0 Å². The van der Waals surface area contributed by atoms with Crippen LogP contribution in [0.4, 0.5) is 0 Å². The predicted octanol–water partition coefficient (Wildman–Crippen LogP) is 3.82. The largest absolute Gasteiger partial charge is 0.489 e. The highest BCUT2D eigenvalue weighted by atomic mass is 35.5. The summed E-state index contributed by atoms with van der Waals surface area (Å²) >= 11 is 5.87. The zero-order valence-electron chi connectivity index (χ0n) is 13.8. The molecule has 2 aromatic rings. The summed E-state index contributed by atoms with van der Waals surface area (Å²) in [7, 11) is 0. The van der Waals surface area contributed by atoms with Crippen molar-refractivity contribution in [2.24, 2.45) is 0 Å². The van der Waals surface area contributed by atoms with E-state index in [0.29, 0.717) is 22.9 Å². The van der Waals surface area contributed by atoms with E-state index in [1.165, 1.54) is 0 Å². The smallest absolute Gasteiger partial charge is 0.251 e. The van der Waals surface area contributed by atoms with Gasteiger partial charge in [0.15, 0.2) is 0 Å². The van der Waals surface area contributed by atoms with E-state index in [-0.39, 0.29) is 24.4 Å². The van der Waals surface area contributed by atoms with Crippen molar-refractivity contribution in [2.45, 2.75) is 25.5 Å². The topological polar surface area (TPSA) is 50.4 Å². The van der Waals surface area contributed by atoms with Gasteiger partial charge in [-0.15, -0.1) is 12.4 Å².